The van der Waals surface area contributed by atoms with Crippen LogP contribution >= 0.6 is 0 Å². The molecule has 6 heteroatoms. The third-order valence-corrected chi connectivity index (χ3v) is 4.39. The highest BCUT2D eigenvalue weighted by Crippen LogP contribution is 2.28. The number of aromatic nitrogens is 2. The smallest absolute Gasteiger partial charge is 0.123 e. The first-order valence-corrected chi connectivity index (χ1v) is 8.64. The lowest BCUT2D eigenvalue weighted by atomic mass is 9.88. The van der Waals surface area contributed by atoms with Gasteiger partial charge in [-0.15, -0.1) is 0 Å². The minimum absolute atomic E-state index is 0.0324. The highest BCUT2D eigenvalue weighted by Gasteiger charge is 2.25. The van der Waals surface area contributed by atoms with Crippen molar-refractivity contribution in [1.29, 1.82) is 0 Å². The molecule has 2 aromatic rings. The van der Waals surface area contributed by atoms with E-state index in [9.17, 15) is 14.6 Å². The Kier molecular flexibility index (Phi) is 6.70. The number of hydrogen-bond donors (Lipinski definition) is 4. The van der Waals surface area contributed by atoms with Crippen LogP contribution in [0.4, 0.5) is 4.39 Å². The SMILES string of the molecule is CC(C)(O)CC[C@H](C[C@H](O)[C@@H](N)Cc1cccc(F)c1)c1ncc[nH]1. The Morgan fingerprint density at radius 3 is 2.72 bits per heavy atom. The zero-order valence-corrected chi connectivity index (χ0v) is 14.8. The first kappa shape index (κ1) is 19.6. The van der Waals surface area contributed by atoms with Crippen molar-refractivity contribution in [3.63, 3.8) is 0 Å². The van der Waals surface area contributed by atoms with Gasteiger partial charge in [-0.25, -0.2) is 9.37 Å². The molecule has 0 radical (unpaired) electrons. The van der Waals surface area contributed by atoms with Crippen LogP contribution in [-0.4, -0.2) is 37.9 Å². The zero-order valence-electron chi connectivity index (χ0n) is 14.8. The molecule has 0 aliphatic rings. The van der Waals surface area contributed by atoms with Gasteiger partial charge in [0.15, 0.2) is 0 Å². The van der Waals surface area contributed by atoms with Crippen LogP contribution in [0.5, 0.6) is 0 Å². The highest BCUT2D eigenvalue weighted by atomic mass is 19.1. The van der Waals surface area contributed by atoms with E-state index >= 15 is 0 Å². The topological polar surface area (TPSA) is 95.2 Å². The Labute approximate surface area is 148 Å². The summed E-state index contributed by atoms with van der Waals surface area (Å²) in [6.07, 6.45) is 4.76. The number of hydrogen-bond acceptors (Lipinski definition) is 4. The van der Waals surface area contributed by atoms with E-state index in [1.54, 1.807) is 38.4 Å². The molecule has 0 aliphatic carbocycles. The van der Waals surface area contributed by atoms with Crippen LogP contribution in [0.25, 0.3) is 0 Å². The maximum absolute atomic E-state index is 13.3. The summed E-state index contributed by atoms with van der Waals surface area (Å²) >= 11 is 0. The Morgan fingerprint density at radius 1 is 1.36 bits per heavy atom. The molecule has 3 atom stereocenters. The minimum Gasteiger partial charge on any atom is -0.391 e. The van der Waals surface area contributed by atoms with Crippen LogP contribution in [0.1, 0.15) is 50.4 Å². The van der Waals surface area contributed by atoms with Gasteiger partial charge in [0.25, 0.3) is 0 Å². The van der Waals surface area contributed by atoms with Gasteiger partial charge in [0.2, 0.25) is 0 Å². The van der Waals surface area contributed by atoms with Gasteiger partial charge in [0.1, 0.15) is 11.6 Å². The summed E-state index contributed by atoms with van der Waals surface area (Å²) in [5, 5.41) is 20.5. The number of rotatable bonds is 9. The third-order valence-electron chi connectivity index (χ3n) is 4.39. The standard InChI is InChI=1S/C19H28FN3O2/c1-19(2,25)7-6-14(18-22-8-9-23-18)12-17(24)16(21)11-13-4-3-5-15(20)10-13/h3-5,8-10,14,16-17,24-25H,6-7,11-12,21H2,1-2H3,(H,22,23)/t14-,16+,17+/m1/s1. The molecule has 1 aromatic heterocycles. The average Bonchev–Trinajstić information content (AvgIpc) is 3.04. The molecule has 0 saturated carbocycles. The summed E-state index contributed by atoms with van der Waals surface area (Å²) in [6.45, 7) is 3.52. The molecule has 0 aliphatic heterocycles. The van der Waals surface area contributed by atoms with Gasteiger partial charge in [0.05, 0.1) is 11.7 Å². The van der Waals surface area contributed by atoms with Crippen LogP contribution in [0.15, 0.2) is 36.7 Å². The lowest BCUT2D eigenvalue weighted by molar-refractivity contribution is 0.0616. The minimum atomic E-state index is -0.778. The van der Waals surface area contributed by atoms with Gasteiger partial charge in [0, 0.05) is 24.4 Å². The Morgan fingerprint density at radius 2 is 2.12 bits per heavy atom. The average molecular weight is 349 g/mol. The van der Waals surface area contributed by atoms with E-state index in [0.717, 1.165) is 11.4 Å². The van der Waals surface area contributed by atoms with Crippen LogP contribution in [0, 0.1) is 5.82 Å². The summed E-state index contributed by atoms with van der Waals surface area (Å²) in [6, 6.07) is 5.76. The normalized spacial score (nSPS) is 15.8. The monoisotopic (exact) mass is 349 g/mol. The number of aliphatic hydroxyl groups is 2. The summed E-state index contributed by atoms with van der Waals surface area (Å²) in [7, 11) is 0. The number of nitrogens with two attached hydrogens (primary N) is 1. The summed E-state index contributed by atoms with van der Waals surface area (Å²) in [5.74, 6) is 0.439. The molecule has 0 saturated heterocycles. The Bertz CT molecular complexity index is 640. The number of nitrogens with zero attached hydrogens (tertiary/aromatic N) is 1. The molecule has 25 heavy (non-hydrogen) atoms. The molecule has 0 spiro atoms. The van der Waals surface area contributed by atoms with Crippen molar-refractivity contribution in [1.82, 2.24) is 9.97 Å². The lowest BCUT2D eigenvalue weighted by Crippen LogP contribution is -2.38. The van der Waals surface area contributed by atoms with Crippen molar-refractivity contribution in [2.75, 3.05) is 0 Å². The lowest BCUT2D eigenvalue weighted by Gasteiger charge is -2.25. The molecule has 2 rings (SSSR count). The van der Waals surface area contributed by atoms with E-state index in [0.29, 0.717) is 25.7 Å². The predicted molar refractivity (Wildman–Crippen MR) is 95.6 cm³/mol. The van der Waals surface area contributed by atoms with E-state index in [1.807, 2.05) is 0 Å². The first-order valence-electron chi connectivity index (χ1n) is 8.64. The molecular weight excluding hydrogens is 321 g/mol. The van der Waals surface area contributed by atoms with Crippen LogP contribution < -0.4 is 5.73 Å². The van der Waals surface area contributed by atoms with Crippen molar-refractivity contribution in [2.45, 2.75) is 63.2 Å². The predicted octanol–water partition coefficient (Wildman–Crippen LogP) is 2.50. The molecule has 0 bridgehead atoms. The summed E-state index contributed by atoms with van der Waals surface area (Å²) in [5.41, 5.74) is 6.11. The number of aromatic amines is 1. The fourth-order valence-electron chi connectivity index (χ4n) is 2.93. The zero-order chi connectivity index (χ0) is 18.4. The van der Waals surface area contributed by atoms with Crippen molar-refractivity contribution in [3.05, 3.63) is 53.9 Å². The van der Waals surface area contributed by atoms with Crippen LogP contribution in [-0.2, 0) is 6.42 Å². The van der Waals surface area contributed by atoms with Gasteiger partial charge in [-0.3, -0.25) is 0 Å². The molecule has 5 nitrogen and oxygen atoms in total. The molecule has 5 N–H and O–H groups in total. The van der Waals surface area contributed by atoms with Crippen molar-refractivity contribution in [3.8, 4) is 0 Å². The van der Waals surface area contributed by atoms with Crippen LogP contribution in [0.3, 0.4) is 0 Å². The van der Waals surface area contributed by atoms with Gasteiger partial charge >= 0.3 is 0 Å². The Hall–Kier alpha value is -1.76. The van der Waals surface area contributed by atoms with E-state index in [-0.39, 0.29) is 11.7 Å². The van der Waals surface area contributed by atoms with Gasteiger partial charge in [-0.2, -0.15) is 0 Å². The first-order chi connectivity index (χ1) is 11.7. The highest BCUT2D eigenvalue weighted by molar-refractivity contribution is 5.17. The second-order valence-corrected chi connectivity index (χ2v) is 7.32. The number of halogens is 1. The van der Waals surface area contributed by atoms with E-state index < -0.39 is 17.7 Å². The molecular formula is C19H28FN3O2. The number of aliphatic hydroxyl groups excluding tert-OH is 1. The largest absolute Gasteiger partial charge is 0.391 e. The summed E-state index contributed by atoms with van der Waals surface area (Å²) < 4.78 is 13.3. The number of H-pyrrole nitrogens is 1. The van der Waals surface area contributed by atoms with Gasteiger partial charge in [-0.05, 0) is 57.2 Å². The van der Waals surface area contributed by atoms with Crippen molar-refractivity contribution in [2.24, 2.45) is 5.73 Å². The maximum Gasteiger partial charge on any atom is 0.123 e. The van der Waals surface area contributed by atoms with E-state index in [1.165, 1.54) is 12.1 Å². The van der Waals surface area contributed by atoms with Crippen molar-refractivity contribution < 1.29 is 14.6 Å². The fraction of sp³-hybridized carbons (Fsp3) is 0.526. The van der Waals surface area contributed by atoms with Gasteiger partial charge in [-0.1, -0.05) is 12.1 Å². The molecule has 1 aromatic carbocycles. The number of benzene rings is 1. The molecule has 0 fully saturated rings. The fourth-order valence-corrected chi connectivity index (χ4v) is 2.93. The van der Waals surface area contributed by atoms with Crippen molar-refractivity contribution >= 4 is 0 Å². The quantitative estimate of drug-likeness (QED) is 0.559. The molecule has 0 unspecified atom stereocenters. The maximum atomic E-state index is 13.3. The molecule has 138 valence electrons. The van der Waals surface area contributed by atoms with E-state index in [4.69, 9.17) is 5.73 Å². The Balaban J connectivity index is 1.99. The molecule has 1 heterocycles. The third kappa shape index (κ3) is 6.57. The summed E-state index contributed by atoms with van der Waals surface area (Å²) in [4.78, 5) is 7.37. The number of nitrogens with one attached hydrogen (secondary N) is 1. The van der Waals surface area contributed by atoms with Crippen LogP contribution in [0.2, 0.25) is 0 Å². The second kappa shape index (κ2) is 8.56. The second-order valence-electron chi connectivity index (χ2n) is 7.32. The number of imidazole rings is 1. The van der Waals surface area contributed by atoms with Gasteiger partial charge < -0.3 is 20.9 Å². The van der Waals surface area contributed by atoms with E-state index in [2.05, 4.69) is 9.97 Å². The molecule has 0 amide bonds.